The molecule has 28 heavy (non-hydrogen) atoms. The van der Waals surface area contributed by atoms with Crippen molar-refractivity contribution in [2.24, 2.45) is 7.05 Å². The van der Waals surface area contributed by atoms with Crippen LogP contribution in [0.25, 0.3) is 11.0 Å². The molecule has 0 bridgehead atoms. The van der Waals surface area contributed by atoms with Crippen molar-refractivity contribution in [2.75, 3.05) is 11.9 Å². The number of nitrogens with one attached hydrogen (secondary N) is 1. The van der Waals surface area contributed by atoms with Crippen LogP contribution in [0.1, 0.15) is 58.8 Å². The molecule has 7 heteroatoms. The molecule has 0 fully saturated rings. The first-order valence-corrected chi connectivity index (χ1v) is 9.24. The number of anilines is 1. The molecule has 1 amide bonds. The van der Waals surface area contributed by atoms with Crippen molar-refractivity contribution in [1.29, 1.82) is 0 Å². The summed E-state index contributed by atoms with van der Waals surface area (Å²) in [5.41, 5.74) is 3.66. The standard InChI is InChI=1S/C21H24N4O3/c1-6-28-21(27)14-8-7-9-15(10-14)22-20(26)16-11-17(12(2)3)23-19-18(16)13(4)24-25(19)5/h7-12H,6H2,1-5H3,(H,22,26). The fourth-order valence-corrected chi connectivity index (χ4v) is 3.08. The van der Waals surface area contributed by atoms with E-state index in [-0.39, 0.29) is 11.8 Å². The highest BCUT2D eigenvalue weighted by molar-refractivity contribution is 6.13. The van der Waals surface area contributed by atoms with Gasteiger partial charge in [-0.3, -0.25) is 9.48 Å². The van der Waals surface area contributed by atoms with E-state index in [0.29, 0.717) is 29.1 Å². The lowest BCUT2D eigenvalue weighted by molar-refractivity contribution is 0.0526. The quantitative estimate of drug-likeness (QED) is 0.680. The molecular formula is C21H24N4O3. The summed E-state index contributed by atoms with van der Waals surface area (Å²) >= 11 is 0. The second kappa shape index (κ2) is 7.80. The second-order valence-electron chi connectivity index (χ2n) is 6.91. The predicted octanol–water partition coefficient (Wildman–Crippen LogP) is 3.83. The molecule has 0 radical (unpaired) electrons. The molecule has 0 spiro atoms. The van der Waals surface area contributed by atoms with Crippen LogP contribution in [-0.4, -0.2) is 33.2 Å². The molecule has 0 aliphatic carbocycles. The molecule has 0 saturated heterocycles. The van der Waals surface area contributed by atoms with E-state index in [0.717, 1.165) is 16.8 Å². The number of carbonyl (C=O) groups excluding carboxylic acids is 2. The molecule has 0 saturated carbocycles. The molecule has 3 rings (SSSR count). The fourth-order valence-electron chi connectivity index (χ4n) is 3.08. The number of aryl methyl sites for hydroxylation is 2. The van der Waals surface area contributed by atoms with Crippen LogP contribution in [0.4, 0.5) is 5.69 Å². The molecule has 2 heterocycles. The highest BCUT2D eigenvalue weighted by Gasteiger charge is 2.20. The minimum atomic E-state index is -0.421. The van der Waals surface area contributed by atoms with Crippen molar-refractivity contribution in [1.82, 2.24) is 14.8 Å². The first kappa shape index (κ1) is 19.5. The number of amides is 1. The normalized spacial score (nSPS) is 11.1. The number of hydrogen-bond donors (Lipinski definition) is 1. The number of hydrogen-bond acceptors (Lipinski definition) is 5. The van der Waals surface area contributed by atoms with Crippen molar-refractivity contribution in [2.45, 2.75) is 33.6 Å². The first-order valence-electron chi connectivity index (χ1n) is 9.24. The summed E-state index contributed by atoms with van der Waals surface area (Å²) in [4.78, 5) is 29.7. The number of aromatic nitrogens is 3. The Kier molecular flexibility index (Phi) is 5.44. The number of nitrogens with zero attached hydrogens (tertiary/aromatic N) is 3. The number of fused-ring (bicyclic) bond motifs is 1. The lowest BCUT2D eigenvalue weighted by Crippen LogP contribution is -2.15. The van der Waals surface area contributed by atoms with Gasteiger partial charge in [-0.05, 0) is 44.0 Å². The number of pyridine rings is 1. The summed E-state index contributed by atoms with van der Waals surface area (Å²) in [6.07, 6.45) is 0. The van der Waals surface area contributed by atoms with Gasteiger partial charge in [0.2, 0.25) is 0 Å². The van der Waals surface area contributed by atoms with Crippen molar-refractivity contribution in [3.05, 3.63) is 52.8 Å². The van der Waals surface area contributed by atoms with Crippen LogP contribution in [0.15, 0.2) is 30.3 Å². The molecule has 1 N–H and O–H groups in total. The Morgan fingerprint density at radius 3 is 2.68 bits per heavy atom. The van der Waals surface area contributed by atoms with Crippen molar-refractivity contribution < 1.29 is 14.3 Å². The Labute approximate surface area is 163 Å². The molecule has 146 valence electrons. The van der Waals surface area contributed by atoms with Crippen LogP contribution in [-0.2, 0) is 11.8 Å². The van der Waals surface area contributed by atoms with Gasteiger partial charge in [0.25, 0.3) is 5.91 Å². The maximum atomic E-state index is 13.1. The maximum absolute atomic E-state index is 13.1. The highest BCUT2D eigenvalue weighted by Crippen LogP contribution is 2.26. The summed E-state index contributed by atoms with van der Waals surface area (Å²) in [5.74, 6) is -0.528. The van der Waals surface area contributed by atoms with E-state index >= 15 is 0 Å². The molecular weight excluding hydrogens is 356 g/mol. The van der Waals surface area contributed by atoms with E-state index in [1.165, 1.54) is 0 Å². The van der Waals surface area contributed by atoms with Crippen LogP contribution in [0.5, 0.6) is 0 Å². The van der Waals surface area contributed by atoms with E-state index in [9.17, 15) is 9.59 Å². The number of carbonyl (C=O) groups is 2. The van der Waals surface area contributed by atoms with E-state index in [4.69, 9.17) is 4.74 Å². The van der Waals surface area contributed by atoms with Gasteiger partial charge in [-0.15, -0.1) is 0 Å². The summed E-state index contributed by atoms with van der Waals surface area (Å²) in [5, 5.41) is 8.02. The van der Waals surface area contributed by atoms with Crippen molar-refractivity contribution in [3.8, 4) is 0 Å². The van der Waals surface area contributed by atoms with Crippen LogP contribution >= 0.6 is 0 Å². The van der Waals surface area contributed by atoms with Gasteiger partial charge in [0.15, 0.2) is 5.65 Å². The highest BCUT2D eigenvalue weighted by atomic mass is 16.5. The summed E-state index contributed by atoms with van der Waals surface area (Å²) < 4.78 is 6.71. The van der Waals surface area contributed by atoms with Crippen molar-refractivity contribution in [3.63, 3.8) is 0 Å². The van der Waals surface area contributed by atoms with Crippen LogP contribution in [0, 0.1) is 6.92 Å². The topological polar surface area (TPSA) is 86.1 Å². The van der Waals surface area contributed by atoms with Gasteiger partial charge in [0, 0.05) is 18.4 Å². The minimum Gasteiger partial charge on any atom is -0.462 e. The Balaban J connectivity index is 2.00. The number of rotatable bonds is 5. The predicted molar refractivity (Wildman–Crippen MR) is 108 cm³/mol. The zero-order chi connectivity index (χ0) is 20.4. The fraction of sp³-hybridized carbons (Fsp3) is 0.333. The number of ether oxygens (including phenoxy) is 1. The third-order valence-electron chi connectivity index (χ3n) is 4.46. The van der Waals surface area contributed by atoms with Gasteiger partial charge < -0.3 is 10.1 Å². The monoisotopic (exact) mass is 380 g/mol. The molecule has 0 unspecified atom stereocenters. The van der Waals surface area contributed by atoms with E-state index in [2.05, 4.69) is 15.4 Å². The van der Waals surface area contributed by atoms with Gasteiger partial charge in [-0.25, -0.2) is 9.78 Å². The second-order valence-corrected chi connectivity index (χ2v) is 6.91. The lowest BCUT2D eigenvalue weighted by atomic mass is 10.0. The van der Waals surface area contributed by atoms with Gasteiger partial charge in [0.05, 0.1) is 28.8 Å². The SMILES string of the molecule is CCOC(=O)c1cccc(NC(=O)c2cc(C(C)C)nc3c2c(C)nn3C)c1. The van der Waals surface area contributed by atoms with Gasteiger partial charge >= 0.3 is 5.97 Å². The molecule has 7 nitrogen and oxygen atoms in total. The zero-order valence-corrected chi connectivity index (χ0v) is 16.7. The van der Waals surface area contributed by atoms with Crippen LogP contribution in [0.2, 0.25) is 0 Å². The smallest absolute Gasteiger partial charge is 0.338 e. The molecule has 0 aliphatic rings. The Hall–Kier alpha value is -3.22. The van der Waals surface area contributed by atoms with Crippen LogP contribution in [0.3, 0.4) is 0 Å². The first-order chi connectivity index (χ1) is 13.3. The van der Waals surface area contributed by atoms with Gasteiger partial charge in [0.1, 0.15) is 0 Å². The van der Waals surface area contributed by atoms with E-state index in [1.807, 2.05) is 33.9 Å². The lowest BCUT2D eigenvalue weighted by Gasteiger charge is -2.11. The molecule has 1 aromatic carbocycles. The average Bonchev–Trinajstić information content (AvgIpc) is 2.95. The minimum absolute atomic E-state index is 0.165. The third-order valence-corrected chi connectivity index (χ3v) is 4.46. The Bertz CT molecular complexity index is 1050. The van der Waals surface area contributed by atoms with Crippen molar-refractivity contribution >= 4 is 28.6 Å². The van der Waals surface area contributed by atoms with E-state index < -0.39 is 5.97 Å². The molecule has 0 atom stereocenters. The van der Waals surface area contributed by atoms with Gasteiger partial charge in [-0.1, -0.05) is 19.9 Å². The average molecular weight is 380 g/mol. The maximum Gasteiger partial charge on any atom is 0.338 e. The molecule has 0 aliphatic heterocycles. The van der Waals surface area contributed by atoms with Gasteiger partial charge in [-0.2, -0.15) is 5.10 Å². The summed E-state index contributed by atoms with van der Waals surface area (Å²) in [6.45, 7) is 7.96. The number of esters is 1. The summed E-state index contributed by atoms with van der Waals surface area (Å²) in [6, 6.07) is 8.51. The third kappa shape index (κ3) is 3.74. The Morgan fingerprint density at radius 1 is 1.25 bits per heavy atom. The number of benzene rings is 1. The largest absolute Gasteiger partial charge is 0.462 e. The Morgan fingerprint density at radius 2 is 2.00 bits per heavy atom. The van der Waals surface area contributed by atoms with E-state index in [1.54, 1.807) is 35.9 Å². The zero-order valence-electron chi connectivity index (χ0n) is 16.7. The molecule has 2 aromatic heterocycles. The van der Waals surface area contributed by atoms with Crippen LogP contribution < -0.4 is 5.32 Å². The summed E-state index contributed by atoms with van der Waals surface area (Å²) in [7, 11) is 1.82. The molecule has 3 aromatic rings.